The van der Waals surface area contributed by atoms with Crippen LogP contribution in [0.2, 0.25) is 5.02 Å². The quantitative estimate of drug-likeness (QED) is 0.798. The largest absolute Gasteiger partial charge is 0.507 e. The SMILES string of the molecule is Oc1cccc(O)c1-c1ccc(Cl)cc1F. The second-order valence-electron chi connectivity index (χ2n) is 3.30. The minimum atomic E-state index is -0.593. The maximum absolute atomic E-state index is 13.6. The fourth-order valence-electron chi connectivity index (χ4n) is 1.50. The van der Waals surface area contributed by atoms with Crippen molar-refractivity contribution < 1.29 is 14.6 Å². The zero-order valence-corrected chi connectivity index (χ0v) is 8.87. The highest BCUT2D eigenvalue weighted by atomic mass is 35.5. The van der Waals surface area contributed by atoms with Gasteiger partial charge in [0, 0.05) is 10.6 Å². The van der Waals surface area contributed by atoms with E-state index in [1.54, 1.807) is 0 Å². The summed E-state index contributed by atoms with van der Waals surface area (Å²) in [4.78, 5) is 0. The van der Waals surface area contributed by atoms with E-state index in [4.69, 9.17) is 11.6 Å². The van der Waals surface area contributed by atoms with Gasteiger partial charge < -0.3 is 10.2 Å². The Morgan fingerprint density at radius 3 is 2.19 bits per heavy atom. The fraction of sp³-hybridized carbons (Fsp3) is 0. The van der Waals surface area contributed by atoms with Crippen molar-refractivity contribution in [1.82, 2.24) is 0 Å². The minimum Gasteiger partial charge on any atom is -0.507 e. The monoisotopic (exact) mass is 238 g/mol. The van der Waals surface area contributed by atoms with Crippen LogP contribution in [0.15, 0.2) is 36.4 Å². The average Bonchev–Trinajstić information content (AvgIpc) is 2.20. The van der Waals surface area contributed by atoms with Gasteiger partial charge in [-0.15, -0.1) is 0 Å². The third-order valence-corrected chi connectivity index (χ3v) is 2.46. The van der Waals surface area contributed by atoms with E-state index in [1.807, 2.05) is 0 Å². The lowest BCUT2D eigenvalue weighted by atomic mass is 10.0. The number of benzene rings is 2. The highest BCUT2D eigenvalue weighted by Crippen LogP contribution is 2.38. The molecular weight excluding hydrogens is 231 g/mol. The molecule has 0 radical (unpaired) electrons. The molecule has 0 amide bonds. The standard InChI is InChI=1S/C12H8ClFO2/c13-7-4-5-8(9(14)6-7)12-10(15)2-1-3-11(12)16/h1-6,15-16H. The normalized spacial score (nSPS) is 10.4. The van der Waals surface area contributed by atoms with Crippen LogP contribution in [0, 0.1) is 5.82 Å². The van der Waals surface area contributed by atoms with Crippen LogP contribution in [0.3, 0.4) is 0 Å². The molecule has 16 heavy (non-hydrogen) atoms. The van der Waals surface area contributed by atoms with E-state index >= 15 is 0 Å². The predicted octanol–water partition coefficient (Wildman–Crippen LogP) is 3.56. The molecule has 0 aliphatic carbocycles. The minimum absolute atomic E-state index is 0.0664. The van der Waals surface area contributed by atoms with Crippen LogP contribution in [0.5, 0.6) is 11.5 Å². The van der Waals surface area contributed by atoms with E-state index in [1.165, 1.54) is 30.3 Å². The Bertz CT molecular complexity index is 520. The first kappa shape index (κ1) is 10.8. The molecule has 0 bridgehead atoms. The van der Waals surface area contributed by atoms with Gasteiger partial charge in [0.15, 0.2) is 0 Å². The first-order valence-corrected chi connectivity index (χ1v) is 4.94. The van der Waals surface area contributed by atoms with Crippen LogP contribution in [0.1, 0.15) is 0 Å². The van der Waals surface area contributed by atoms with Crippen molar-refractivity contribution in [3.8, 4) is 22.6 Å². The summed E-state index contributed by atoms with van der Waals surface area (Å²) in [5.41, 5.74) is 0.177. The predicted molar refractivity (Wildman–Crippen MR) is 60.2 cm³/mol. The van der Waals surface area contributed by atoms with Gasteiger partial charge in [-0.1, -0.05) is 17.7 Å². The lowest BCUT2D eigenvalue weighted by Gasteiger charge is -2.08. The van der Waals surface area contributed by atoms with E-state index in [9.17, 15) is 14.6 Å². The first-order chi connectivity index (χ1) is 7.59. The molecule has 0 heterocycles. The van der Waals surface area contributed by atoms with Gasteiger partial charge in [0.25, 0.3) is 0 Å². The van der Waals surface area contributed by atoms with Gasteiger partial charge in [0.1, 0.15) is 17.3 Å². The van der Waals surface area contributed by atoms with Crippen LogP contribution < -0.4 is 0 Å². The van der Waals surface area contributed by atoms with Crippen molar-refractivity contribution in [2.24, 2.45) is 0 Å². The molecular formula is C12H8ClFO2. The van der Waals surface area contributed by atoms with Crippen molar-refractivity contribution in [3.05, 3.63) is 47.2 Å². The Balaban J connectivity index is 2.68. The summed E-state index contributed by atoms with van der Waals surface area (Å²) in [6.45, 7) is 0. The molecule has 0 atom stereocenters. The highest BCUT2D eigenvalue weighted by Gasteiger charge is 2.13. The molecule has 0 spiro atoms. The van der Waals surface area contributed by atoms with E-state index in [0.717, 1.165) is 6.07 Å². The van der Waals surface area contributed by atoms with Gasteiger partial charge in [-0.05, 0) is 30.3 Å². The van der Waals surface area contributed by atoms with Crippen LogP contribution in [-0.2, 0) is 0 Å². The zero-order valence-electron chi connectivity index (χ0n) is 8.11. The second kappa shape index (κ2) is 4.02. The number of phenols is 2. The maximum atomic E-state index is 13.6. The van der Waals surface area contributed by atoms with Crippen molar-refractivity contribution in [2.75, 3.05) is 0 Å². The Morgan fingerprint density at radius 2 is 1.62 bits per heavy atom. The Kier molecular flexibility index (Phi) is 2.71. The molecule has 4 heteroatoms. The van der Waals surface area contributed by atoms with Crippen molar-refractivity contribution in [2.45, 2.75) is 0 Å². The first-order valence-electron chi connectivity index (χ1n) is 4.56. The van der Waals surface area contributed by atoms with Gasteiger partial charge in [0.05, 0.1) is 5.56 Å². The molecule has 0 aliphatic heterocycles. The maximum Gasteiger partial charge on any atom is 0.132 e. The third kappa shape index (κ3) is 1.82. The number of rotatable bonds is 1. The third-order valence-electron chi connectivity index (χ3n) is 2.22. The summed E-state index contributed by atoms with van der Waals surface area (Å²) in [5.74, 6) is -0.952. The molecule has 2 aromatic rings. The second-order valence-corrected chi connectivity index (χ2v) is 3.73. The van der Waals surface area contributed by atoms with Gasteiger partial charge >= 0.3 is 0 Å². The van der Waals surface area contributed by atoms with E-state index in [0.29, 0.717) is 0 Å². The molecule has 0 unspecified atom stereocenters. The smallest absolute Gasteiger partial charge is 0.132 e. The molecule has 2 rings (SSSR count). The van der Waals surface area contributed by atoms with Gasteiger partial charge in [-0.2, -0.15) is 0 Å². The van der Waals surface area contributed by atoms with Gasteiger partial charge in [-0.25, -0.2) is 4.39 Å². The molecule has 0 fully saturated rings. The highest BCUT2D eigenvalue weighted by molar-refractivity contribution is 6.30. The Hall–Kier alpha value is -1.74. The van der Waals surface area contributed by atoms with Crippen LogP contribution >= 0.6 is 11.6 Å². The van der Waals surface area contributed by atoms with Gasteiger partial charge in [0.2, 0.25) is 0 Å². The van der Waals surface area contributed by atoms with Gasteiger partial charge in [-0.3, -0.25) is 0 Å². The number of aromatic hydroxyl groups is 2. The number of phenolic OH excluding ortho intramolecular Hbond substituents is 2. The zero-order chi connectivity index (χ0) is 11.7. The van der Waals surface area contributed by atoms with E-state index in [2.05, 4.69) is 0 Å². The van der Waals surface area contributed by atoms with E-state index < -0.39 is 5.82 Å². The summed E-state index contributed by atoms with van der Waals surface area (Å²) in [6, 6.07) is 8.26. The molecule has 2 nitrogen and oxygen atoms in total. The van der Waals surface area contributed by atoms with Crippen molar-refractivity contribution >= 4 is 11.6 Å². The topological polar surface area (TPSA) is 40.5 Å². The number of halogens is 2. The molecule has 0 aromatic heterocycles. The van der Waals surface area contributed by atoms with Crippen LogP contribution in [0.4, 0.5) is 4.39 Å². The molecule has 82 valence electrons. The van der Waals surface area contributed by atoms with Crippen molar-refractivity contribution in [1.29, 1.82) is 0 Å². The Labute approximate surface area is 96.5 Å². The summed E-state index contributed by atoms with van der Waals surface area (Å²) in [7, 11) is 0. The van der Waals surface area contributed by atoms with Crippen LogP contribution in [0.25, 0.3) is 11.1 Å². The fourth-order valence-corrected chi connectivity index (χ4v) is 1.66. The van der Waals surface area contributed by atoms with Crippen LogP contribution in [-0.4, -0.2) is 10.2 Å². The summed E-state index contributed by atoms with van der Waals surface area (Å²) < 4.78 is 13.6. The molecule has 2 aromatic carbocycles. The number of hydrogen-bond acceptors (Lipinski definition) is 2. The summed E-state index contributed by atoms with van der Waals surface area (Å²) in [5, 5.41) is 19.4. The lowest BCUT2D eigenvalue weighted by molar-refractivity contribution is 0.453. The summed E-state index contributed by atoms with van der Waals surface area (Å²) in [6.07, 6.45) is 0. The molecule has 0 aliphatic rings. The molecule has 0 saturated carbocycles. The Morgan fingerprint density at radius 1 is 1.00 bits per heavy atom. The number of hydrogen-bond donors (Lipinski definition) is 2. The van der Waals surface area contributed by atoms with Crippen molar-refractivity contribution in [3.63, 3.8) is 0 Å². The van der Waals surface area contributed by atoms with E-state index in [-0.39, 0.29) is 27.6 Å². The average molecular weight is 239 g/mol. The molecule has 0 saturated heterocycles. The lowest BCUT2D eigenvalue weighted by Crippen LogP contribution is -1.86. The summed E-state index contributed by atoms with van der Waals surface area (Å²) >= 11 is 5.62. The molecule has 2 N–H and O–H groups in total.